The van der Waals surface area contributed by atoms with Crippen molar-refractivity contribution in [1.29, 1.82) is 0 Å². The van der Waals surface area contributed by atoms with Crippen LogP contribution in [0.15, 0.2) is 29.2 Å². The van der Waals surface area contributed by atoms with E-state index in [0.717, 1.165) is 32.4 Å². The average Bonchev–Trinajstić information content (AvgIpc) is 3.67. The van der Waals surface area contributed by atoms with Gasteiger partial charge in [-0.2, -0.15) is 0 Å². The van der Waals surface area contributed by atoms with Gasteiger partial charge in [-0.25, -0.2) is 13.2 Å². The van der Waals surface area contributed by atoms with E-state index in [0.29, 0.717) is 30.3 Å². The topological polar surface area (TPSA) is 66.9 Å². The summed E-state index contributed by atoms with van der Waals surface area (Å²) < 4.78 is 33.0. The first kappa shape index (κ1) is 20.0. The monoisotopic (exact) mass is 444 g/mol. The Balaban J connectivity index is 1.17. The summed E-state index contributed by atoms with van der Waals surface area (Å²) >= 11 is 0. The number of piperazine rings is 1. The van der Waals surface area contributed by atoms with Crippen molar-refractivity contribution in [2.75, 3.05) is 33.2 Å². The van der Waals surface area contributed by atoms with Gasteiger partial charge in [0.15, 0.2) is 9.84 Å². The van der Waals surface area contributed by atoms with Crippen LogP contribution in [0.1, 0.15) is 50.0 Å². The second-order valence-corrected chi connectivity index (χ2v) is 12.6. The number of likely N-dealkylation sites (N-methyl/N-ethyl adjacent to an activating group) is 1. The highest BCUT2D eigenvalue weighted by molar-refractivity contribution is 7.92. The SMILES string of the molecule is CN1CCN(C(=O)OC2CC34CCCC2C3C4S(=O)(=O)c2ccc(C3CC3)cc2)CC1. The summed E-state index contributed by atoms with van der Waals surface area (Å²) in [5, 5.41) is -0.294. The third-order valence-corrected chi connectivity index (χ3v) is 11.1. The summed E-state index contributed by atoms with van der Waals surface area (Å²) in [5.74, 6) is 0.973. The number of sulfone groups is 1. The Kier molecular flexibility index (Phi) is 4.49. The zero-order valence-electron chi connectivity index (χ0n) is 18.2. The molecule has 0 spiro atoms. The molecule has 31 heavy (non-hydrogen) atoms. The van der Waals surface area contributed by atoms with Crippen molar-refractivity contribution >= 4 is 15.9 Å². The van der Waals surface area contributed by atoms with Crippen LogP contribution in [0.4, 0.5) is 4.79 Å². The molecule has 1 aliphatic heterocycles. The molecule has 5 fully saturated rings. The number of nitrogens with zero attached hydrogens (tertiary/aromatic N) is 2. The molecule has 1 heterocycles. The maximum Gasteiger partial charge on any atom is 0.410 e. The van der Waals surface area contributed by atoms with Crippen LogP contribution >= 0.6 is 0 Å². The molecule has 2 bridgehead atoms. The summed E-state index contributed by atoms with van der Waals surface area (Å²) in [4.78, 5) is 17.2. The zero-order valence-corrected chi connectivity index (χ0v) is 19.0. The van der Waals surface area contributed by atoms with Crippen molar-refractivity contribution in [3.05, 3.63) is 29.8 Å². The number of ether oxygens (including phenoxy) is 1. The minimum absolute atomic E-state index is 0.122. The first-order chi connectivity index (χ1) is 14.9. The Morgan fingerprint density at radius 1 is 1.06 bits per heavy atom. The fourth-order valence-electron chi connectivity index (χ4n) is 6.90. The van der Waals surface area contributed by atoms with E-state index in [1.54, 1.807) is 4.90 Å². The van der Waals surface area contributed by atoms with Crippen LogP contribution in [0.25, 0.3) is 0 Å². The van der Waals surface area contributed by atoms with E-state index in [4.69, 9.17) is 4.74 Å². The van der Waals surface area contributed by atoms with E-state index < -0.39 is 9.84 Å². The summed E-state index contributed by atoms with van der Waals surface area (Å²) in [5.41, 5.74) is 1.09. The van der Waals surface area contributed by atoms with Gasteiger partial charge in [-0.3, -0.25) is 0 Å². The normalized spacial score (nSPS) is 37.4. The molecule has 168 valence electrons. The molecule has 5 unspecified atom stereocenters. The standard InChI is InChI=1S/C24H32N2O4S/c1-25-11-13-26(14-12-25)23(27)30-20-15-24-10-2-3-19(20)21(24)22(24)31(28,29)18-8-6-17(7-9-18)16-4-5-16/h6-9,16,19-22H,2-5,10-15H2,1H3. The van der Waals surface area contributed by atoms with E-state index in [2.05, 4.69) is 11.9 Å². The van der Waals surface area contributed by atoms with E-state index in [-0.39, 0.29) is 34.7 Å². The maximum absolute atomic E-state index is 13.5. The molecule has 1 saturated heterocycles. The fourth-order valence-corrected chi connectivity index (χ4v) is 9.48. The lowest BCUT2D eigenvalue weighted by molar-refractivity contribution is 0.0273. The summed E-state index contributed by atoms with van der Waals surface area (Å²) in [6.45, 7) is 3.15. The molecule has 6 rings (SSSR count). The Labute approximate surface area is 184 Å². The second kappa shape index (κ2) is 6.95. The number of carbonyl (C=O) groups excluding carboxylic acids is 1. The average molecular weight is 445 g/mol. The number of hydrogen-bond donors (Lipinski definition) is 0. The third-order valence-electron chi connectivity index (χ3n) is 8.75. The van der Waals surface area contributed by atoms with Gasteiger partial charge in [-0.05, 0) is 74.1 Å². The smallest absolute Gasteiger partial charge is 0.410 e. The molecule has 1 aromatic rings. The molecule has 0 radical (unpaired) electrons. The van der Waals surface area contributed by atoms with Gasteiger partial charge < -0.3 is 14.5 Å². The third kappa shape index (κ3) is 3.14. The van der Waals surface area contributed by atoms with Gasteiger partial charge in [0.2, 0.25) is 0 Å². The number of carbonyl (C=O) groups is 1. The Hall–Kier alpha value is -1.60. The summed E-state index contributed by atoms with van der Waals surface area (Å²) in [7, 11) is -1.28. The van der Waals surface area contributed by atoms with Crippen LogP contribution in [-0.2, 0) is 14.6 Å². The molecule has 6 nitrogen and oxygen atoms in total. The molecule has 4 aliphatic carbocycles. The van der Waals surface area contributed by atoms with E-state index >= 15 is 0 Å². The van der Waals surface area contributed by atoms with Crippen LogP contribution in [0.2, 0.25) is 0 Å². The molecule has 0 aromatic heterocycles. The van der Waals surface area contributed by atoms with E-state index in [1.165, 1.54) is 18.4 Å². The lowest BCUT2D eigenvalue weighted by Gasteiger charge is -2.33. The van der Waals surface area contributed by atoms with Gasteiger partial charge in [0.25, 0.3) is 0 Å². The van der Waals surface area contributed by atoms with E-state index in [9.17, 15) is 13.2 Å². The van der Waals surface area contributed by atoms with Crippen molar-refractivity contribution in [3.63, 3.8) is 0 Å². The molecule has 0 N–H and O–H groups in total. The van der Waals surface area contributed by atoms with Crippen molar-refractivity contribution in [2.45, 2.75) is 60.7 Å². The molecular weight excluding hydrogens is 412 g/mol. The van der Waals surface area contributed by atoms with Gasteiger partial charge in [0.1, 0.15) is 6.10 Å². The van der Waals surface area contributed by atoms with Gasteiger partial charge in [-0.15, -0.1) is 0 Å². The largest absolute Gasteiger partial charge is 0.446 e. The molecule has 5 atom stereocenters. The Morgan fingerprint density at radius 2 is 1.77 bits per heavy atom. The second-order valence-electron chi connectivity index (χ2n) is 10.5. The molecule has 1 amide bonds. The lowest BCUT2D eigenvalue weighted by Crippen LogP contribution is -2.48. The zero-order chi connectivity index (χ0) is 21.4. The van der Waals surface area contributed by atoms with Crippen LogP contribution in [0, 0.1) is 17.3 Å². The quantitative estimate of drug-likeness (QED) is 0.713. The first-order valence-electron chi connectivity index (χ1n) is 11.9. The van der Waals surface area contributed by atoms with Crippen LogP contribution < -0.4 is 0 Å². The van der Waals surface area contributed by atoms with Crippen molar-refractivity contribution < 1.29 is 17.9 Å². The number of hydrogen-bond acceptors (Lipinski definition) is 5. The maximum atomic E-state index is 13.5. The number of benzene rings is 1. The van der Waals surface area contributed by atoms with Gasteiger partial charge in [0.05, 0.1) is 10.1 Å². The highest BCUT2D eigenvalue weighted by Gasteiger charge is 2.78. The molecule has 5 aliphatic rings. The lowest BCUT2D eigenvalue weighted by atomic mass is 9.89. The van der Waals surface area contributed by atoms with Crippen molar-refractivity contribution in [1.82, 2.24) is 9.80 Å². The predicted octanol–water partition coefficient (Wildman–Crippen LogP) is 3.28. The van der Waals surface area contributed by atoms with Crippen LogP contribution in [0.3, 0.4) is 0 Å². The Bertz CT molecular complexity index is 981. The molecule has 7 heteroatoms. The highest BCUT2D eigenvalue weighted by atomic mass is 32.2. The Morgan fingerprint density at radius 3 is 2.42 bits per heavy atom. The highest BCUT2D eigenvalue weighted by Crippen LogP contribution is 2.75. The first-order valence-corrected chi connectivity index (χ1v) is 13.4. The summed E-state index contributed by atoms with van der Waals surface area (Å²) in [6, 6.07) is 7.66. The summed E-state index contributed by atoms with van der Waals surface area (Å²) in [6.07, 6.45) is 5.77. The molecular formula is C24H32N2O4S. The van der Waals surface area contributed by atoms with Gasteiger partial charge >= 0.3 is 6.09 Å². The van der Waals surface area contributed by atoms with E-state index in [1.807, 2.05) is 24.3 Å². The number of rotatable bonds is 4. The minimum atomic E-state index is -3.35. The molecule has 4 saturated carbocycles. The minimum Gasteiger partial charge on any atom is -0.446 e. The van der Waals surface area contributed by atoms with Crippen molar-refractivity contribution in [2.24, 2.45) is 17.3 Å². The van der Waals surface area contributed by atoms with Gasteiger partial charge in [0, 0.05) is 32.1 Å². The fraction of sp³-hybridized carbons (Fsp3) is 0.708. The predicted molar refractivity (Wildman–Crippen MR) is 117 cm³/mol. The van der Waals surface area contributed by atoms with Crippen LogP contribution in [0.5, 0.6) is 0 Å². The van der Waals surface area contributed by atoms with Gasteiger partial charge in [-0.1, -0.05) is 18.6 Å². The van der Waals surface area contributed by atoms with Crippen LogP contribution in [-0.4, -0.2) is 68.9 Å². The van der Waals surface area contributed by atoms with Crippen molar-refractivity contribution in [3.8, 4) is 0 Å². The number of amides is 1. The molecule has 1 aromatic carbocycles.